The van der Waals surface area contributed by atoms with E-state index in [2.05, 4.69) is 48.5 Å². The van der Waals surface area contributed by atoms with Gasteiger partial charge in [-0.05, 0) is 65.1 Å². The fourth-order valence-electron chi connectivity index (χ4n) is 2.57. The number of hydrogen-bond acceptors (Lipinski definition) is 4. The number of aliphatic imine (C=N–C) groups is 1. The lowest BCUT2D eigenvalue weighted by Gasteiger charge is -2.04. The summed E-state index contributed by atoms with van der Waals surface area (Å²) >= 11 is 11.8. The van der Waals surface area contributed by atoms with Gasteiger partial charge in [0.05, 0.1) is 19.8 Å². The Balaban J connectivity index is 1.72. The first-order chi connectivity index (χ1) is 13.0. The summed E-state index contributed by atoms with van der Waals surface area (Å²) in [4.78, 5) is 8.95. The predicted molar refractivity (Wildman–Crippen MR) is 120 cm³/mol. The Morgan fingerprint density at radius 3 is 2.78 bits per heavy atom. The minimum atomic E-state index is 0.190. The van der Waals surface area contributed by atoms with E-state index in [1.165, 1.54) is 0 Å². The zero-order valence-electron chi connectivity index (χ0n) is 13.7. The molecule has 0 fully saturated rings. The van der Waals surface area contributed by atoms with Crippen LogP contribution in [0.2, 0.25) is 5.02 Å². The molecule has 4 aromatic rings. The highest BCUT2D eigenvalue weighted by Gasteiger charge is 2.12. The lowest BCUT2D eigenvalue weighted by atomic mass is 10.2. The fourth-order valence-corrected chi connectivity index (χ4v) is 4.32. The standard InChI is InChI=1S/C20H11BrClIN2O2/c21-12-7-11(19(26)16(23)8-12)10-24-13-5-6-15(22)14(9-13)20-25-17-3-1-2-4-18(17)27-20/h1-10,26H. The molecule has 1 aromatic heterocycles. The number of fused-ring (bicyclic) bond motifs is 1. The third-order valence-corrected chi connectivity index (χ3v) is 5.49. The summed E-state index contributed by atoms with van der Waals surface area (Å²) in [6.07, 6.45) is 1.61. The summed E-state index contributed by atoms with van der Waals surface area (Å²) in [6.45, 7) is 0. The Morgan fingerprint density at radius 2 is 1.96 bits per heavy atom. The molecule has 0 atom stereocenters. The molecule has 4 nitrogen and oxygen atoms in total. The first-order valence-corrected chi connectivity index (χ1v) is 10.1. The molecule has 27 heavy (non-hydrogen) atoms. The van der Waals surface area contributed by atoms with Crippen molar-refractivity contribution in [2.24, 2.45) is 4.99 Å². The van der Waals surface area contributed by atoms with Gasteiger partial charge in [0.15, 0.2) is 5.58 Å². The van der Waals surface area contributed by atoms with Gasteiger partial charge in [-0.25, -0.2) is 4.98 Å². The molecule has 0 aliphatic heterocycles. The number of nitrogens with zero attached hydrogens (tertiary/aromatic N) is 2. The Labute approximate surface area is 182 Å². The molecular weight excluding hydrogens is 542 g/mol. The average molecular weight is 554 g/mol. The highest BCUT2D eigenvalue weighted by Crippen LogP contribution is 2.33. The molecule has 1 heterocycles. The molecule has 0 saturated carbocycles. The average Bonchev–Trinajstić information content (AvgIpc) is 3.08. The van der Waals surface area contributed by atoms with Crippen molar-refractivity contribution in [2.45, 2.75) is 0 Å². The van der Waals surface area contributed by atoms with Gasteiger partial charge in [-0.2, -0.15) is 0 Å². The van der Waals surface area contributed by atoms with E-state index in [0.717, 1.165) is 13.6 Å². The molecule has 3 aromatic carbocycles. The second-order valence-electron chi connectivity index (χ2n) is 5.73. The maximum Gasteiger partial charge on any atom is 0.228 e. The Morgan fingerprint density at radius 1 is 1.15 bits per heavy atom. The molecule has 7 heteroatoms. The highest BCUT2D eigenvalue weighted by molar-refractivity contribution is 14.1. The number of hydrogen-bond donors (Lipinski definition) is 1. The molecule has 0 bridgehead atoms. The summed E-state index contributed by atoms with van der Waals surface area (Å²) in [5.41, 5.74) is 3.42. The monoisotopic (exact) mass is 552 g/mol. The summed E-state index contributed by atoms with van der Waals surface area (Å²) in [5.74, 6) is 0.633. The van der Waals surface area contributed by atoms with Crippen molar-refractivity contribution < 1.29 is 9.52 Å². The van der Waals surface area contributed by atoms with Gasteiger partial charge >= 0.3 is 0 Å². The van der Waals surface area contributed by atoms with E-state index >= 15 is 0 Å². The van der Waals surface area contributed by atoms with Crippen LogP contribution in [0.1, 0.15) is 5.56 Å². The van der Waals surface area contributed by atoms with Crippen molar-refractivity contribution in [3.05, 3.63) is 73.2 Å². The van der Waals surface area contributed by atoms with Crippen LogP contribution >= 0.6 is 50.1 Å². The van der Waals surface area contributed by atoms with E-state index in [1.54, 1.807) is 24.4 Å². The third-order valence-electron chi connectivity index (χ3n) is 3.88. The summed E-state index contributed by atoms with van der Waals surface area (Å²) in [5, 5.41) is 10.7. The van der Waals surface area contributed by atoms with Crippen molar-refractivity contribution in [2.75, 3.05) is 0 Å². The van der Waals surface area contributed by atoms with Gasteiger partial charge in [0.2, 0.25) is 5.89 Å². The smallest absolute Gasteiger partial charge is 0.228 e. The molecular formula is C20H11BrClIN2O2. The van der Waals surface area contributed by atoms with Crippen LogP contribution in [0.3, 0.4) is 0 Å². The van der Waals surface area contributed by atoms with Gasteiger partial charge in [0.1, 0.15) is 11.3 Å². The SMILES string of the molecule is Oc1c(I)cc(Br)cc1C=Nc1ccc(Cl)c(-c2nc3ccccc3o2)c1. The topological polar surface area (TPSA) is 58.6 Å². The van der Waals surface area contributed by atoms with Gasteiger partial charge in [0, 0.05) is 16.3 Å². The largest absolute Gasteiger partial charge is 0.506 e. The number of halogens is 3. The second-order valence-corrected chi connectivity index (χ2v) is 8.22. The normalized spacial score (nSPS) is 11.5. The number of phenols is 1. The maximum absolute atomic E-state index is 10.2. The Hall–Kier alpha value is -1.90. The number of oxazole rings is 1. The molecule has 0 spiro atoms. The third kappa shape index (κ3) is 3.88. The lowest BCUT2D eigenvalue weighted by Crippen LogP contribution is -1.86. The van der Waals surface area contributed by atoms with Crippen molar-refractivity contribution in [3.8, 4) is 17.2 Å². The van der Waals surface area contributed by atoms with Crippen molar-refractivity contribution in [1.29, 1.82) is 0 Å². The van der Waals surface area contributed by atoms with Crippen LogP contribution in [0, 0.1) is 3.57 Å². The number of benzene rings is 3. The minimum absolute atomic E-state index is 0.190. The number of phenolic OH excluding ortho intramolecular Hbond substituents is 1. The maximum atomic E-state index is 10.2. The molecule has 0 amide bonds. The Kier molecular flexibility index (Phi) is 5.21. The predicted octanol–water partition coefficient (Wildman–Crippen LogP) is 6.97. The molecule has 1 N–H and O–H groups in total. The van der Waals surface area contributed by atoms with Gasteiger partial charge in [-0.15, -0.1) is 0 Å². The second kappa shape index (κ2) is 7.61. The summed E-state index contributed by atoms with van der Waals surface area (Å²) < 4.78 is 7.42. The first kappa shape index (κ1) is 18.5. The number of aromatic hydroxyl groups is 1. The first-order valence-electron chi connectivity index (χ1n) is 7.89. The van der Waals surface area contributed by atoms with Crippen LogP contribution in [0.15, 0.2) is 68.5 Å². The van der Waals surface area contributed by atoms with Crippen LogP contribution in [0.5, 0.6) is 5.75 Å². The quantitative estimate of drug-likeness (QED) is 0.220. The molecule has 0 unspecified atom stereocenters. The van der Waals surface area contributed by atoms with Crippen LogP contribution in [0.4, 0.5) is 5.69 Å². The van der Waals surface area contributed by atoms with Crippen molar-refractivity contribution in [1.82, 2.24) is 4.98 Å². The summed E-state index contributed by atoms with van der Waals surface area (Å²) in [7, 11) is 0. The molecule has 0 aliphatic rings. The minimum Gasteiger partial charge on any atom is -0.506 e. The highest BCUT2D eigenvalue weighted by atomic mass is 127. The number of para-hydroxylation sites is 2. The van der Waals surface area contributed by atoms with Gasteiger partial charge in [-0.3, -0.25) is 4.99 Å². The van der Waals surface area contributed by atoms with Crippen LogP contribution in [-0.2, 0) is 0 Å². The number of rotatable bonds is 3. The van der Waals surface area contributed by atoms with E-state index in [-0.39, 0.29) is 5.75 Å². The number of aromatic nitrogens is 1. The van der Waals surface area contributed by atoms with E-state index < -0.39 is 0 Å². The van der Waals surface area contributed by atoms with Crippen LogP contribution in [-0.4, -0.2) is 16.3 Å². The molecule has 0 saturated heterocycles. The van der Waals surface area contributed by atoms with E-state index in [1.807, 2.05) is 36.4 Å². The zero-order valence-corrected chi connectivity index (χ0v) is 18.2. The van der Waals surface area contributed by atoms with E-state index in [9.17, 15) is 5.11 Å². The summed E-state index contributed by atoms with van der Waals surface area (Å²) in [6, 6.07) is 16.5. The lowest BCUT2D eigenvalue weighted by molar-refractivity contribution is 0.470. The van der Waals surface area contributed by atoms with Gasteiger partial charge < -0.3 is 9.52 Å². The zero-order chi connectivity index (χ0) is 19.0. The molecule has 134 valence electrons. The molecule has 0 aliphatic carbocycles. The van der Waals surface area contributed by atoms with Crippen molar-refractivity contribution in [3.63, 3.8) is 0 Å². The van der Waals surface area contributed by atoms with Gasteiger partial charge in [-0.1, -0.05) is 39.7 Å². The molecule has 4 rings (SSSR count). The van der Waals surface area contributed by atoms with Gasteiger partial charge in [0.25, 0.3) is 0 Å². The Bertz CT molecular complexity index is 1160. The van der Waals surface area contributed by atoms with E-state index in [0.29, 0.717) is 33.3 Å². The molecule has 0 radical (unpaired) electrons. The van der Waals surface area contributed by atoms with Crippen molar-refractivity contribution >= 4 is 73.1 Å². The van der Waals surface area contributed by atoms with Crippen LogP contribution in [0.25, 0.3) is 22.6 Å². The fraction of sp³-hybridized carbons (Fsp3) is 0. The van der Waals surface area contributed by atoms with E-state index in [4.69, 9.17) is 16.0 Å². The van der Waals surface area contributed by atoms with Crippen LogP contribution < -0.4 is 0 Å².